The monoisotopic (exact) mass is 446 g/mol. The van der Waals surface area contributed by atoms with Gasteiger partial charge < -0.3 is 20.1 Å². The van der Waals surface area contributed by atoms with Crippen molar-refractivity contribution in [1.29, 1.82) is 0 Å². The maximum atomic E-state index is 13.1. The number of fused-ring (bicyclic) bond motifs is 1. The Morgan fingerprint density at radius 1 is 1.09 bits per heavy atom. The first-order chi connectivity index (χ1) is 15.6. The second-order valence-electron chi connectivity index (χ2n) is 7.91. The normalized spacial score (nSPS) is 17.0. The minimum Gasteiger partial charge on any atom is -0.483 e. The summed E-state index contributed by atoms with van der Waals surface area (Å²) >= 11 is 0. The van der Waals surface area contributed by atoms with Crippen molar-refractivity contribution in [3.8, 4) is 0 Å². The molecule has 176 valence electrons. The van der Waals surface area contributed by atoms with Gasteiger partial charge in [-0.2, -0.15) is 0 Å². The molecule has 9 nitrogen and oxygen atoms in total. The lowest BCUT2D eigenvalue weighted by molar-refractivity contribution is -0.132. The van der Waals surface area contributed by atoms with Crippen LogP contribution < -0.4 is 5.32 Å². The predicted octanol–water partition coefficient (Wildman–Crippen LogP) is 2.53. The van der Waals surface area contributed by atoms with Gasteiger partial charge in [-0.15, -0.1) is 0 Å². The molecular weight excluding hydrogens is 412 g/mol. The van der Waals surface area contributed by atoms with Crippen LogP contribution in [0.2, 0.25) is 0 Å². The summed E-state index contributed by atoms with van der Waals surface area (Å²) in [5.74, 6) is 1.31. The number of aromatic nitrogens is 2. The Morgan fingerprint density at radius 3 is 2.28 bits per heavy atom. The Morgan fingerprint density at radius 2 is 1.69 bits per heavy atom. The summed E-state index contributed by atoms with van der Waals surface area (Å²) in [5.41, 5.74) is 1.99. The van der Waals surface area contributed by atoms with Gasteiger partial charge in [-0.25, -0.2) is 4.98 Å². The number of hydrogen-bond acceptors (Lipinski definition) is 5. The van der Waals surface area contributed by atoms with E-state index in [2.05, 4.69) is 39.9 Å². The molecular formula is C23H34N4O5. The summed E-state index contributed by atoms with van der Waals surface area (Å²) in [6.07, 6.45) is 7.64. The zero-order chi connectivity index (χ0) is 23.4. The van der Waals surface area contributed by atoms with Crippen molar-refractivity contribution >= 4 is 29.9 Å². The number of carboxylic acid groups (broad SMARTS) is 2. The predicted molar refractivity (Wildman–Crippen MR) is 122 cm³/mol. The molecule has 2 fully saturated rings. The summed E-state index contributed by atoms with van der Waals surface area (Å²) < 4.78 is 2.26. The maximum Gasteiger partial charge on any atom is 0.290 e. The zero-order valence-electron chi connectivity index (χ0n) is 18.7. The van der Waals surface area contributed by atoms with Crippen molar-refractivity contribution in [3.05, 3.63) is 30.1 Å². The lowest BCUT2D eigenvalue weighted by atomic mass is 9.94. The molecule has 0 atom stereocenters. The van der Waals surface area contributed by atoms with E-state index in [1.54, 1.807) is 0 Å². The Balaban J connectivity index is 0.000000547. The quantitative estimate of drug-likeness (QED) is 0.582. The third-order valence-electron chi connectivity index (χ3n) is 6.25. The minimum atomic E-state index is -0.250. The molecule has 1 aliphatic heterocycles. The molecule has 1 saturated heterocycles. The van der Waals surface area contributed by atoms with Crippen LogP contribution in [0.3, 0.4) is 0 Å². The van der Waals surface area contributed by atoms with Crippen LogP contribution in [0.1, 0.15) is 51.3 Å². The highest BCUT2D eigenvalue weighted by molar-refractivity contribution is 5.86. The van der Waals surface area contributed by atoms with Gasteiger partial charge in [0.05, 0.1) is 11.0 Å². The molecule has 1 aliphatic carbocycles. The smallest absolute Gasteiger partial charge is 0.290 e. The van der Waals surface area contributed by atoms with Crippen molar-refractivity contribution in [3.63, 3.8) is 0 Å². The lowest BCUT2D eigenvalue weighted by Crippen LogP contribution is -2.56. The number of likely N-dealkylation sites (tertiary alicyclic amines) is 1. The second kappa shape index (κ2) is 12.8. The lowest BCUT2D eigenvalue weighted by Gasteiger charge is -2.37. The number of carbonyl (C=O) groups is 3. The second-order valence-corrected chi connectivity index (χ2v) is 7.91. The van der Waals surface area contributed by atoms with Crippen molar-refractivity contribution in [2.75, 3.05) is 19.6 Å². The molecule has 1 aromatic carbocycles. The van der Waals surface area contributed by atoms with Crippen LogP contribution in [0.4, 0.5) is 0 Å². The van der Waals surface area contributed by atoms with Crippen molar-refractivity contribution in [1.82, 2.24) is 19.8 Å². The van der Waals surface area contributed by atoms with Gasteiger partial charge in [0.25, 0.3) is 12.9 Å². The number of benzene rings is 1. The Hall–Kier alpha value is -2.94. The summed E-state index contributed by atoms with van der Waals surface area (Å²) in [7, 11) is 0. The van der Waals surface area contributed by atoms with E-state index in [4.69, 9.17) is 24.8 Å². The molecule has 0 spiro atoms. The fourth-order valence-corrected chi connectivity index (χ4v) is 4.91. The van der Waals surface area contributed by atoms with E-state index in [9.17, 15) is 4.79 Å². The van der Waals surface area contributed by atoms with Gasteiger partial charge in [0.2, 0.25) is 5.91 Å². The maximum absolute atomic E-state index is 13.1. The SMILES string of the molecule is CCn1c(CCNC(=O)C2(N3CCCC3)CCCC2)nc2ccccc21.O=CO.O=CO. The zero-order valence-corrected chi connectivity index (χ0v) is 18.7. The Kier molecular flexibility index (Phi) is 10.1. The highest BCUT2D eigenvalue weighted by atomic mass is 16.3. The summed E-state index contributed by atoms with van der Waals surface area (Å²) in [6.45, 7) is 5.38. The van der Waals surface area contributed by atoms with Gasteiger partial charge >= 0.3 is 0 Å². The molecule has 3 N–H and O–H groups in total. The Bertz CT molecular complexity index is 864. The summed E-state index contributed by atoms with van der Waals surface area (Å²) in [4.78, 5) is 37.0. The highest BCUT2D eigenvalue weighted by Gasteiger charge is 2.46. The number of para-hydroxylation sites is 2. The molecule has 32 heavy (non-hydrogen) atoms. The van der Waals surface area contributed by atoms with Gasteiger partial charge in [-0.3, -0.25) is 19.3 Å². The van der Waals surface area contributed by atoms with Crippen LogP contribution in [-0.4, -0.2) is 68.7 Å². The number of imidazole rings is 1. The van der Waals surface area contributed by atoms with E-state index < -0.39 is 0 Å². The third-order valence-corrected chi connectivity index (χ3v) is 6.25. The molecule has 0 bridgehead atoms. The van der Waals surface area contributed by atoms with Crippen LogP contribution in [0.5, 0.6) is 0 Å². The van der Waals surface area contributed by atoms with E-state index in [-0.39, 0.29) is 24.4 Å². The molecule has 1 amide bonds. The van der Waals surface area contributed by atoms with E-state index in [0.29, 0.717) is 6.54 Å². The van der Waals surface area contributed by atoms with E-state index in [0.717, 1.165) is 50.2 Å². The molecule has 1 aromatic heterocycles. The van der Waals surface area contributed by atoms with Crippen LogP contribution in [0.15, 0.2) is 24.3 Å². The average molecular weight is 447 g/mol. The van der Waals surface area contributed by atoms with Gasteiger partial charge in [0.1, 0.15) is 11.4 Å². The Labute approximate surface area is 188 Å². The first-order valence-corrected chi connectivity index (χ1v) is 11.2. The topological polar surface area (TPSA) is 125 Å². The molecule has 2 aromatic rings. The summed E-state index contributed by atoms with van der Waals surface area (Å²) in [5, 5.41) is 17.0. The average Bonchev–Trinajstić information content (AvgIpc) is 3.54. The number of amides is 1. The van der Waals surface area contributed by atoms with Crippen LogP contribution in [-0.2, 0) is 27.3 Å². The van der Waals surface area contributed by atoms with E-state index in [1.165, 1.54) is 31.2 Å². The largest absolute Gasteiger partial charge is 0.483 e. The van der Waals surface area contributed by atoms with Crippen LogP contribution >= 0.6 is 0 Å². The first-order valence-electron chi connectivity index (χ1n) is 11.2. The van der Waals surface area contributed by atoms with Gasteiger partial charge in [-0.1, -0.05) is 25.0 Å². The molecule has 2 heterocycles. The van der Waals surface area contributed by atoms with Crippen LogP contribution in [0, 0.1) is 0 Å². The van der Waals surface area contributed by atoms with Crippen LogP contribution in [0.25, 0.3) is 11.0 Å². The molecule has 2 aliphatic rings. The number of aryl methyl sites for hydroxylation is 1. The fraction of sp³-hybridized carbons (Fsp3) is 0.565. The van der Waals surface area contributed by atoms with Crippen molar-refractivity contribution in [2.45, 2.75) is 64.0 Å². The van der Waals surface area contributed by atoms with Gasteiger partial charge in [0, 0.05) is 19.5 Å². The molecule has 9 heteroatoms. The minimum absolute atomic E-state index is 0.235. The number of nitrogens with zero attached hydrogens (tertiary/aromatic N) is 3. The van der Waals surface area contributed by atoms with Crippen molar-refractivity contribution in [2.24, 2.45) is 0 Å². The number of carbonyl (C=O) groups excluding carboxylic acids is 1. The van der Waals surface area contributed by atoms with E-state index >= 15 is 0 Å². The number of hydrogen-bond donors (Lipinski definition) is 3. The third kappa shape index (κ3) is 5.85. The number of nitrogens with one attached hydrogen (secondary N) is 1. The first kappa shape index (κ1) is 25.3. The summed E-state index contributed by atoms with van der Waals surface area (Å²) in [6, 6.07) is 8.27. The highest BCUT2D eigenvalue weighted by Crippen LogP contribution is 2.37. The van der Waals surface area contributed by atoms with Crippen molar-refractivity contribution < 1.29 is 24.6 Å². The molecule has 4 rings (SSSR count). The fourth-order valence-electron chi connectivity index (χ4n) is 4.91. The molecule has 0 unspecified atom stereocenters. The molecule has 1 saturated carbocycles. The standard InChI is InChI=1S/C21H30N4O.2CH2O2/c1-2-25-18-10-4-3-9-17(18)23-19(25)11-14-22-20(26)21(12-5-6-13-21)24-15-7-8-16-24;2*2-1-3/h3-4,9-10H,2,5-8,11-16H2,1H3,(H,22,26);2*1H,(H,2,3). The number of rotatable bonds is 6. The van der Waals surface area contributed by atoms with Gasteiger partial charge in [0.15, 0.2) is 0 Å². The molecule has 0 radical (unpaired) electrons. The van der Waals surface area contributed by atoms with E-state index in [1.807, 2.05) is 6.07 Å². The van der Waals surface area contributed by atoms with Gasteiger partial charge in [-0.05, 0) is 57.8 Å².